The number of hydrogen-bond donors (Lipinski definition) is 1. The second kappa shape index (κ2) is 2.96. The zero-order valence-corrected chi connectivity index (χ0v) is 5.69. The summed E-state index contributed by atoms with van der Waals surface area (Å²) in [6.45, 7) is 0. The first-order valence-electron chi connectivity index (χ1n) is 3.51. The highest BCUT2D eigenvalue weighted by Crippen LogP contribution is 2.19. The molecule has 0 bridgehead atoms. The molecule has 1 aliphatic rings. The van der Waals surface area contributed by atoms with E-state index in [1.807, 2.05) is 0 Å². The van der Waals surface area contributed by atoms with Crippen molar-refractivity contribution in [1.82, 2.24) is 0 Å². The van der Waals surface area contributed by atoms with Crippen LogP contribution in [0.5, 0.6) is 0 Å². The van der Waals surface area contributed by atoms with Crippen molar-refractivity contribution in [2.24, 2.45) is 0 Å². The number of hydrogen-bond acceptors (Lipinski definition) is 3. The van der Waals surface area contributed by atoms with Crippen LogP contribution >= 0.6 is 0 Å². The fraction of sp³-hybridized carbons (Fsp3) is 1.00. The van der Waals surface area contributed by atoms with E-state index in [0.717, 1.165) is 0 Å². The van der Waals surface area contributed by atoms with Gasteiger partial charge in [-0.25, -0.2) is 0 Å². The van der Waals surface area contributed by atoms with Gasteiger partial charge in [0.05, 0.1) is 6.10 Å². The van der Waals surface area contributed by atoms with Crippen molar-refractivity contribution in [2.75, 3.05) is 0 Å². The molecule has 0 radical (unpaired) electrons. The summed E-state index contributed by atoms with van der Waals surface area (Å²) in [5, 5.41) is 19.2. The highest BCUT2D eigenvalue weighted by atomic mass is 16.6. The van der Waals surface area contributed by atoms with E-state index in [9.17, 15) is 10.1 Å². The van der Waals surface area contributed by atoms with Crippen LogP contribution in [-0.2, 0) is 0 Å². The van der Waals surface area contributed by atoms with Crippen LogP contribution in [0, 0.1) is 10.1 Å². The average Bonchev–Trinajstić information content (AvgIpc) is 1.88. The Kier molecular flexibility index (Phi) is 2.21. The first-order valence-corrected chi connectivity index (χ1v) is 3.51. The van der Waals surface area contributed by atoms with Crippen LogP contribution in [0.3, 0.4) is 0 Å². The first kappa shape index (κ1) is 7.47. The summed E-state index contributed by atoms with van der Waals surface area (Å²) in [5.74, 6) is 0. The molecule has 1 rings (SSSR count). The molecule has 1 N–H and O–H groups in total. The molecule has 1 saturated carbocycles. The van der Waals surface area contributed by atoms with E-state index in [0.29, 0.717) is 25.7 Å². The molecule has 1 aliphatic carbocycles. The van der Waals surface area contributed by atoms with Crippen molar-refractivity contribution in [3.8, 4) is 0 Å². The van der Waals surface area contributed by atoms with E-state index in [-0.39, 0.29) is 11.0 Å². The van der Waals surface area contributed by atoms with Gasteiger partial charge in [-0.15, -0.1) is 0 Å². The maximum absolute atomic E-state index is 10.2. The molecule has 4 nitrogen and oxygen atoms in total. The van der Waals surface area contributed by atoms with Crippen LogP contribution in [0.25, 0.3) is 0 Å². The van der Waals surface area contributed by atoms with E-state index < -0.39 is 6.04 Å². The van der Waals surface area contributed by atoms with Crippen molar-refractivity contribution in [1.29, 1.82) is 0 Å². The van der Waals surface area contributed by atoms with Gasteiger partial charge in [0.15, 0.2) is 0 Å². The second-order valence-corrected chi connectivity index (χ2v) is 2.75. The Balaban J connectivity index is 2.33. The molecule has 58 valence electrons. The molecule has 0 spiro atoms. The normalized spacial score (nSPS) is 33.7. The smallest absolute Gasteiger partial charge is 0.213 e. The molecule has 0 aromatic heterocycles. The number of nitrogens with zero attached hydrogens (tertiary/aromatic N) is 1. The molecular formula is C6H11NO3. The zero-order chi connectivity index (χ0) is 7.56. The predicted molar refractivity (Wildman–Crippen MR) is 35.3 cm³/mol. The fourth-order valence-electron chi connectivity index (χ4n) is 1.27. The van der Waals surface area contributed by atoms with Crippen molar-refractivity contribution in [3.05, 3.63) is 10.1 Å². The minimum atomic E-state index is -0.400. The summed E-state index contributed by atoms with van der Waals surface area (Å²) in [6.07, 6.45) is 1.95. The molecule has 0 aromatic carbocycles. The molecule has 0 amide bonds. The van der Waals surface area contributed by atoms with Gasteiger partial charge in [0.25, 0.3) is 0 Å². The van der Waals surface area contributed by atoms with E-state index in [1.165, 1.54) is 0 Å². The average molecular weight is 145 g/mol. The summed E-state index contributed by atoms with van der Waals surface area (Å²) in [6, 6.07) is -0.400. The maximum atomic E-state index is 10.2. The number of aliphatic hydroxyl groups is 1. The van der Waals surface area contributed by atoms with Crippen molar-refractivity contribution in [2.45, 2.75) is 37.8 Å². The number of rotatable bonds is 1. The Morgan fingerprint density at radius 1 is 1.30 bits per heavy atom. The molecule has 0 aliphatic heterocycles. The van der Waals surface area contributed by atoms with Crippen LogP contribution in [0.2, 0.25) is 0 Å². The number of nitro groups is 1. The lowest BCUT2D eigenvalue weighted by Gasteiger charge is -2.18. The lowest BCUT2D eigenvalue weighted by Crippen LogP contribution is -2.27. The molecule has 10 heavy (non-hydrogen) atoms. The van der Waals surface area contributed by atoms with Crippen LogP contribution in [0.15, 0.2) is 0 Å². The van der Waals surface area contributed by atoms with E-state index in [1.54, 1.807) is 0 Å². The third-order valence-corrected chi connectivity index (χ3v) is 1.96. The molecule has 1 fully saturated rings. The monoisotopic (exact) mass is 145 g/mol. The van der Waals surface area contributed by atoms with Crippen LogP contribution in [-0.4, -0.2) is 22.2 Å². The third-order valence-electron chi connectivity index (χ3n) is 1.96. The molecule has 0 atom stereocenters. The van der Waals surface area contributed by atoms with Gasteiger partial charge in [-0.05, 0) is 12.8 Å². The van der Waals surface area contributed by atoms with Crippen LogP contribution < -0.4 is 0 Å². The molecule has 0 aromatic rings. The minimum absolute atomic E-state index is 0.244. The summed E-state index contributed by atoms with van der Waals surface area (Å²) in [4.78, 5) is 9.94. The topological polar surface area (TPSA) is 63.4 Å². The van der Waals surface area contributed by atoms with Crippen molar-refractivity contribution < 1.29 is 10.0 Å². The number of aliphatic hydroxyl groups excluding tert-OH is 1. The van der Waals surface area contributed by atoms with E-state index in [2.05, 4.69) is 0 Å². The largest absolute Gasteiger partial charge is 0.393 e. The van der Waals surface area contributed by atoms with Gasteiger partial charge in [0, 0.05) is 17.8 Å². The lowest BCUT2D eigenvalue weighted by atomic mass is 9.94. The van der Waals surface area contributed by atoms with Crippen molar-refractivity contribution in [3.63, 3.8) is 0 Å². The summed E-state index contributed by atoms with van der Waals surface area (Å²) >= 11 is 0. The summed E-state index contributed by atoms with van der Waals surface area (Å²) in [7, 11) is 0. The van der Waals surface area contributed by atoms with Gasteiger partial charge in [-0.2, -0.15) is 0 Å². The quantitative estimate of drug-likeness (QED) is 0.433. The molecule has 0 unspecified atom stereocenters. The van der Waals surface area contributed by atoms with Gasteiger partial charge in [-0.3, -0.25) is 10.1 Å². The van der Waals surface area contributed by atoms with Gasteiger partial charge in [0.2, 0.25) is 6.04 Å². The fourth-order valence-corrected chi connectivity index (χ4v) is 1.27. The Morgan fingerprint density at radius 2 is 1.80 bits per heavy atom. The lowest BCUT2D eigenvalue weighted by molar-refractivity contribution is -0.527. The SMILES string of the molecule is O=[N+]([O-])C1CCC(O)CC1. The molecule has 0 saturated heterocycles. The van der Waals surface area contributed by atoms with Gasteiger partial charge in [-0.1, -0.05) is 0 Å². The predicted octanol–water partition coefficient (Wildman–Crippen LogP) is 0.567. The Morgan fingerprint density at radius 3 is 2.20 bits per heavy atom. The van der Waals surface area contributed by atoms with Crippen LogP contribution in [0.1, 0.15) is 25.7 Å². The van der Waals surface area contributed by atoms with Crippen LogP contribution in [0.4, 0.5) is 0 Å². The zero-order valence-electron chi connectivity index (χ0n) is 5.69. The maximum Gasteiger partial charge on any atom is 0.213 e. The summed E-state index contributed by atoms with van der Waals surface area (Å²) in [5.41, 5.74) is 0. The Hall–Kier alpha value is -0.640. The highest BCUT2D eigenvalue weighted by Gasteiger charge is 2.26. The van der Waals surface area contributed by atoms with Crippen molar-refractivity contribution >= 4 is 0 Å². The van der Waals surface area contributed by atoms with E-state index >= 15 is 0 Å². The summed E-state index contributed by atoms with van der Waals surface area (Å²) < 4.78 is 0. The standard InChI is InChI=1S/C6H11NO3/c8-6-3-1-5(2-4-6)7(9)10/h5-6,8H,1-4H2. The minimum Gasteiger partial charge on any atom is -0.393 e. The molecular weight excluding hydrogens is 134 g/mol. The molecule has 4 heteroatoms. The third kappa shape index (κ3) is 1.67. The van der Waals surface area contributed by atoms with Gasteiger partial charge >= 0.3 is 0 Å². The van der Waals surface area contributed by atoms with Gasteiger partial charge in [0.1, 0.15) is 0 Å². The second-order valence-electron chi connectivity index (χ2n) is 2.75. The Labute approximate surface area is 59.0 Å². The first-order chi connectivity index (χ1) is 4.70. The highest BCUT2D eigenvalue weighted by molar-refractivity contribution is 4.70. The van der Waals surface area contributed by atoms with E-state index in [4.69, 9.17) is 5.11 Å². The van der Waals surface area contributed by atoms with Gasteiger partial charge < -0.3 is 5.11 Å². The Bertz CT molecular complexity index is 129. The molecule has 0 heterocycles.